The summed E-state index contributed by atoms with van der Waals surface area (Å²) in [6.07, 6.45) is 0. The minimum absolute atomic E-state index is 0.924. The van der Waals surface area contributed by atoms with E-state index < -0.39 is 0 Å². The van der Waals surface area contributed by atoms with Crippen molar-refractivity contribution in [3.05, 3.63) is 127 Å². The summed E-state index contributed by atoms with van der Waals surface area (Å²) in [6.45, 7) is 2.14. The lowest BCUT2D eigenvalue weighted by Crippen LogP contribution is -1.95. The van der Waals surface area contributed by atoms with Gasteiger partial charge in [0.2, 0.25) is 5.78 Å². The highest BCUT2D eigenvalue weighted by Gasteiger charge is 2.18. The van der Waals surface area contributed by atoms with E-state index in [9.17, 15) is 0 Å². The van der Waals surface area contributed by atoms with Gasteiger partial charge in [0, 0.05) is 5.69 Å². The van der Waals surface area contributed by atoms with Crippen LogP contribution in [0.3, 0.4) is 0 Å². The zero-order valence-electron chi connectivity index (χ0n) is 19.4. The molecule has 0 saturated carbocycles. The van der Waals surface area contributed by atoms with E-state index in [0.29, 0.717) is 0 Å². The van der Waals surface area contributed by atoms with Gasteiger partial charge < -0.3 is 0 Å². The molecule has 0 aliphatic carbocycles. The van der Waals surface area contributed by atoms with Crippen LogP contribution in [0.4, 0.5) is 0 Å². The fourth-order valence-electron chi connectivity index (χ4n) is 5.11. The summed E-state index contributed by atoms with van der Waals surface area (Å²) in [5.74, 6) is 0.924. The van der Waals surface area contributed by atoms with Gasteiger partial charge in [-0.15, -0.1) is 0 Å². The molecule has 3 heteroatoms. The van der Waals surface area contributed by atoms with E-state index >= 15 is 0 Å². The average Bonchev–Trinajstić information content (AvgIpc) is 3.43. The van der Waals surface area contributed by atoms with Gasteiger partial charge in [-0.1, -0.05) is 90.5 Å². The number of nitrogens with zero attached hydrogens (tertiary/aromatic N) is 3. The number of hydrogen-bond acceptors (Lipinski definition) is 1. The van der Waals surface area contributed by atoms with Gasteiger partial charge in [0.15, 0.2) is 0 Å². The van der Waals surface area contributed by atoms with Crippen LogP contribution in [-0.4, -0.2) is 14.0 Å². The summed E-state index contributed by atoms with van der Waals surface area (Å²) in [5, 5.41) is 0. The molecule has 0 bridgehead atoms. The average molecular weight is 450 g/mol. The van der Waals surface area contributed by atoms with Crippen molar-refractivity contribution in [2.45, 2.75) is 6.92 Å². The Hall–Kier alpha value is -4.63. The first-order valence-electron chi connectivity index (χ1n) is 11.9. The molecule has 7 aromatic rings. The Labute approximate surface area is 203 Å². The molecular weight excluding hydrogens is 426 g/mol. The van der Waals surface area contributed by atoms with Crippen molar-refractivity contribution >= 4 is 27.8 Å². The molecule has 166 valence electrons. The molecule has 0 saturated heterocycles. The highest BCUT2D eigenvalue weighted by Crippen LogP contribution is 2.33. The molecule has 5 aromatic carbocycles. The van der Waals surface area contributed by atoms with Crippen LogP contribution < -0.4 is 0 Å². The van der Waals surface area contributed by atoms with Crippen molar-refractivity contribution < 1.29 is 0 Å². The molecule has 3 nitrogen and oxygen atoms in total. The van der Waals surface area contributed by atoms with Crippen molar-refractivity contribution in [2.75, 3.05) is 0 Å². The van der Waals surface area contributed by atoms with E-state index in [4.69, 9.17) is 4.98 Å². The predicted molar refractivity (Wildman–Crippen MR) is 145 cm³/mol. The lowest BCUT2D eigenvalue weighted by atomic mass is 10.0. The maximum absolute atomic E-state index is 5.07. The first kappa shape index (κ1) is 19.8. The van der Waals surface area contributed by atoms with Crippen LogP contribution in [0.5, 0.6) is 0 Å². The topological polar surface area (TPSA) is 22.2 Å². The molecule has 35 heavy (non-hydrogen) atoms. The maximum Gasteiger partial charge on any atom is 0.220 e. The van der Waals surface area contributed by atoms with E-state index in [2.05, 4.69) is 137 Å². The fourth-order valence-corrected chi connectivity index (χ4v) is 5.11. The van der Waals surface area contributed by atoms with Crippen molar-refractivity contribution in [3.8, 4) is 27.9 Å². The lowest BCUT2D eigenvalue weighted by molar-refractivity contribution is 1.11. The normalized spacial score (nSPS) is 11.6. The fraction of sp³-hybridized carbons (Fsp3) is 0.0312. The molecule has 0 N–H and O–H groups in total. The van der Waals surface area contributed by atoms with Gasteiger partial charge in [0.1, 0.15) is 0 Å². The summed E-state index contributed by atoms with van der Waals surface area (Å²) in [5.41, 5.74) is 11.6. The second kappa shape index (κ2) is 7.71. The molecule has 2 aromatic heterocycles. The number of fused-ring (bicyclic) bond motifs is 5. The molecule has 0 spiro atoms. The van der Waals surface area contributed by atoms with E-state index in [0.717, 1.165) is 33.5 Å². The van der Waals surface area contributed by atoms with Gasteiger partial charge >= 0.3 is 0 Å². The molecule has 0 amide bonds. The molecule has 0 aliphatic rings. The molecule has 0 fully saturated rings. The molecule has 0 atom stereocenters. The minimum Gasteiger partial charge on any atom is -0.278 e. The zero-order chi connectivity index (χ0) is 23.4. The van der Waals surface area contributed by atoms with E-state index in [1.165, 1.54) is 27.8 Å². The van der Waals surface area contributed by atoms with E-state index in [-0.39, 0.29) is 0 Å². The van der Waals surface area contributed by atoms with Crippen LogP contribution in [0.15, 0.2) is 121 Å². The summed E-state index contributed by atoms with van der Waals surface area (Å²) in [4.78, 5) is 5.07. The number of hydrogen-bond donors (Lipinski definition) is 0. The first-order valence-corrected chi connectivity index (χ1v) is 11.9. The maximum atomic E-state index is 5.07. The van der Waals surface area contributed by atoms with E-state index in [1.54, 1.807) is 0 Å². The monoisotopic (exact) mass is 449 g/mol. The number of imidazole rings is 2. The Bertz CT molecular complexity index is 1860. The number of aryl methyl sites for hydroxylation is 1. The number of aromatic nitrogens is 3. The Kier molecular flexibility index (Phi) is 4.36. The predicted octanol–water partition coefficient (Wildman–Crippen LogP) is 8.07. The zero-order valence-corrected chi connectivity index (χ0v) is 19.4. The number of para-hydroxylation sites is 2. The van der Waals surface area contributed by atoms with Crippen molar-refractivity contribution in [1.82, 2.24) is 14.0 Å². The van der Waals surface area contributed by atoms with Crippen molar-refractivity contribution in [2.24, 2.45) is 0 Å². The summed E-state index contributed by atoms with van der Waals surface area (Å²) < 4.78 is 4.57. The van der Waals surface area contributed by atoms with Gasteiger partial charge in [-0.3, -0.25) is 8.97 Å². The van der Waals surface area contributed by atoms with E-state index in [1.807, 2.05) is 0 Å². The minimum atomic E-state index is 0.924. The second-order valence-electron chi connectivity index (χ2n) is 9.06. The molecule has 7 rings (SSSR count). The third kappa shape index (κ3) is 3.17. The van der Waals surface area contributed by atoms with Crippen LogP contribution in [0.25, 0.3) is 55.8 Å². The standard InChI is InChI=1S/C32H23N3/c1-22-9-7-12-24(19-22)26-17-18-30-31(21-26)35-29-16-6-5-15-28(29)33-32(35)34(30)27-14-8-13-25(20-27)23-10-3-2-4-11-23/h2-21H,1H3. The van der Waals surface area contributed by atoms with Crippen LogP contribution >= 0.6 is 0 Å². The number of benzene rings is 5. The molecular formula is C32H23N3. The second-order valence-corrected chi connectivity index (χ2v) is 9.06. The smallest absolute Gasteiger partial charge is 0.220 e. The Morgan fingerprint density at radius 2 is 1.23 bits per heavy atom. The Morgan fingerprint density at radius 3 is 2.09 bits per heavy atom. The number of rotatable bonds is 3. The SMILES string of the molecule is Cc1cccc(-c2ccc3c(c2)n2c4ccccc4nc2n3-c2cccc(-c3ccccc3)c2)c1. The third-order valence-electron chi connectivity index (χ3n) is 6.76. The summed E-state index contributed by atoms with van der Waals surface area (Å²) in [7, 11) is 0. The van der Waals surface area contributed by atoms with Crippen molar-refractivity contribution in [1.29, 1.82) is 0 Å². The summed E-state index contributed by atoms with van der Waals surface area (Å²) >= 11 is 0. The Morgan fingerprint density at radius 1 is 0.514 bits per heavy atom. The van der Waals surface area contributed by atoms with Crippen LogP contribution in [-0.2, 0) is 0 Å². The van der Waals surface area contributed by atoms with Crippen molar-refractivity contribution in [3.63, 3.8) is 0 Å². The highest BCUT2D eigenvalue weighted by atomic mass is 15.2. The third-order valence-corrected chi connectivity index (χ3v) is 6.76. The lowest BCUT2D eigenvalue weighted by Gasteiger charge is -2.09. The largest absolute Gasteiger partial charge is 0.278 e. The van der Waals surface area contributed by atoms with Crippen LogP contribution in [0, 0.1) is 6.92 Å². The van der Waals surface area contributed by atoms with Gasteiger partial charge in [0.05, 0.1) is 22.1 Å². The highest BCUT2D eigenvalue weighted by molar-refractivity contribution is 5.94. The molecule has 2 heterocycles. The Balaban J connectivity index is 1.54. The van der Waals surface area contributed by atoms with Gasteiger partial charge in [-0.05, 0) is 65.6 Å². The van der Waals surface area contributed by atoms with Gasteiger partial charge in [-0.2, -0.15) is 0 Å². The summed E-state index contributed by atoms with van der Waals surface area (Å²) in [6, 6.07) is 43.0. The molecule has 0 radical (unpaired) electrons. The van der Waals surface area contributed by atoms with Crippen LogP contribution in [0.2, 0.25) is 0 Å². The molecule has 0 unspecified atom stereocenters. The first-order chi connectivity index (χ1) is 17.3. The van der Waals surface area contributed by atoms with Crippen LogP contribution in [0.1, 0.15) is 5.56 Å². The quantitative estimate of drug-likeness (QED) is 0.267. The van der Waals surface area contributed by atoms with Gasteiger partial charge in [0.25, 0.3) is 0 Å². The molecule has 0 aliphatic heterocycles. The van der Waals surface area contributed by atoms with Gasteiger partial charge in [-0.25, -0.2) is 4.98 Å².